The molecule has 0 unspecified atom stereocenters. The van der Waals surface area contributed by atoms with Crippen LogP contribution in [0.2, 0.25) is 0 Å². The van der Waals surface area contributed by atoms with Gasteiger partial charge in [-0.1, -0.05) is 25.9 Å². The molecule has 3 rings (SSSR count). The van der Waals surface area contributed by atoms with E-state index in [-0.39, 0.29) is 10.9 Å². The quantitative estimate of drug-likeness (QED) is 0.302. The van der Waals surface area contributed by atoms with Crippen LogP contribution >= 0.6 is 0 Å². The summed E-state index contributed by atoms with van der Waals surface area (Å²) in [5.74, 6) is -1.27. The minimum atomic E-state index is -4.80. The van der Waals surface area contributed by atoms with E-state index in [1.54, 1.807) is 17.8 Å². The van der Waals surface area contributed by atoms with E-state index >= 15 is 0 Å². The third-order valence-corrected chi connectivity index (χ3v) is 5.58. The van der Waals surface area contributed by atoms with Gasteiger partial charge in [-0.05, 0) is 43.9 Å². The molecule has 0 saturated heterocycles. The van der Waals surface area contributed by atoms with Crippen LogP contribution in [0.3, 0.4) is 0 Å². The van der Waals surface area contributed by atoms with Crippen molar-refractivity contribution in [2.75, 3.05) is 0 Å². The van der Waals surface area contributed by atoms with E-state index in [9.17, 15) is 31.1 Å². The number of amides is 1. The Labute approximate surface area is 197 Å². The number of rotatable bonds is 5. The lowest BCUT2D eigenvalue weighted by molar-refractivity contribution is -0.137. The Morgan fingerprint density at radius 2 is 1.71 bits per heavy atom. The molecule has 192 valence electrons. The molecule has 0 spiro atoms. The number of nitrogens with zero attached hydrogens (tertiary/aromatic N) is 4. The van der Waals surface area contributed by atoms with Crippen molar-refractivity contribution >= 4 is 11.6 Å². The summed E-state index contributed by atoms with van der Waals surface area (Å²) in [6.45, 7) is 7.11. The van der Waals surface area contributed by atoms with Gasteiger partial charge in [-0.2, -0.15) is 31.3 Å². The van der Waals surface area contributed by atoms with E-state index in [1.807, 2.05) is 25.5 Å². The lowest BCUT2D eigenvalue weighted by Gasteiger charge is -2.20. The monoisotopic (exact) mass is 504 g/mol. The fourth-order valence-corrected chi connectivity index (χ4v) is 3.41. The lowest BCUT2D eigenvalue weighted by atomic mass is 9.92. The number of carbonyl (C=O) groups is 1. The van der Waals surface area contributed by atoms with E-state index in [0.717, 1.165) is 24.6 Å². The Balaban J connectivity index is 2.12. The van der Waals surface area contributed by atoms with Crippen molar-refractivity contribution in [1.82, 2.24) is 9.36 Å². The largest absolute Gasteiger partial charge is 0.432 e. The average molecular weight is 504 g/mol. The highest BCUT2D eigenvalue weighted by atomic mass is 19.4. The number of hydrogen-bond donors (Lipinski definition) is 0. The predicted molar refractivity (Wildman–Crippen MR) is 116 cm³/mol. The van der Waals surface area contributed by atoms with Gasteiger partial charge in [0.1, 0.15) is 0 Å². The van der Waals surface area contributed by atoms with E-state index in [4.69, 9.17) is 4.84 Å². The summed E-state index contributed by atoms with van der Waals surface area (Å²) in [6, 6.07) is 3.53. The topological polar surface area (TPSA) is 60.9 Å². The highest BCUT2D eigenvalue weighted by Gasteiger charge is 2.34. The van der Waals surface area contributed by atoms with Gasteiger partial charge in [0.05, 0.1) is 11.1 Å². The normalized spacial score (nSPS) is 16.1. The molecule has 2 aromatic rings. The van der Waals surface area contributed by atoms with Crippen LogP contribution in [0, 0.1) is 5.92 Å². The second kappa shape index (κ2) is 9.19. The number of oxime groups is 1. The van der Waals surface area contributed by atoms with E-state index in [2.05, 4.69) is 10.1 Å². The van der Waals surface area contributed by atoms with Crippen molar-refractivity contribution < 1.29 is 36.0 Å². The third kappa shape index (κ3) is 6.34. The van der Waals surface area contributed by atoms with Crippen LogP contribution in [0.15, 0.2) is 34.4 Å². The van der Waals surface area contributed by atoms with Gasteiger partial charge in [0.15, 0.2) is 16.9 Å². The van der Waals surface area contributed by atoms with Gasteiger partial charge in [0.25, 0.3) is 5.91 Å². The van der Waals surface area contributed by atoms with Crippen molar-refractivity contribution in [3.63, 3.8) is 0 Å². The van der Waals surface area contributed by atoms with Crippen LogP contribution in [0.25, 0.3) is 0 Å². The van der Waals surface area contributed by atoms with Gasteiger partial charge in [-0.25, -0.2) is 0 Å². The zero-order chi connectivity index (χ0) is 26.3. The molecule has 6 nitrogen and oxygen atoms in total. The zero-order valence-electron chi connectivity index (χ0n) is 19.9. The van der Waals surface area contributed by atoms with Crippen molar-refractivity contribution in [2.45, 2.75) is 64.8 Å². The Kier molecular flexibility index (Phi) is 6.98. The summed E-state index contributed by atoms with van der Waals surface area (Å²) in [5.41, 5.74) is -2.44. The maximum Gasteiger partial charge on any atom is 0.432 e. The average Bonchev–Trinajstić information content (AvgIpc) is 3.49. The first-order valence-electron chi connectivity index (χ1n) is 10.8. The molecule has 1 saturated carbocycles. The van der Waals surface area contributed by atoms with Gasteiger partial charge < -0.3 is 4.84 Å². The molecule has 1 aromatic carbocycles. The van der Waals surface area contributed by atoms with Gasteiger partial charge in [-0.3, -0.25) is 14.2 Å². The standard InChI is InChI=1S/C23H26F6N4O2/c1-13(22(24,25)26)31-35-17-9-8-15(23(27,28)29)10-16(17)20(34)30-19-11-18(21(2,3)4)32(5)33(19)12-14-6-7-14/h8-11,14H,6-7,12H2,1-5H3/b30-19?,31-13-. The minimum Gasteiger partial charge on any atom is -0.356 e. The third-order valence-electron chi connectivity index (χ3n) is 5.58. The summed E-state index contributed by atoms with van der Waals surface area (Å²) in [4.78, 5) is 21.9. The minimum absolute atomic E-state index is 0.229. The molecule has 0 atom stereocenters. The van der Waals surface area contributed by atoms with E-state index < -0.39 is 40.8 Å². The van der Waals surface area contributed by atoms with Crippen molar-refractivity contribution in [3.8, 4) is 5.75 Å². The maximum atomic E-state index is 13.3. The van der Waals surface area contributed by atoms with Gasteiger partial charge >= 0.3 is 12.4 Å². The van der Waals surface area contributed by atoms with Crippen LogP contribution in [0.5, 0.6) is 5.75 Å². The fraction of sp³-hybridized carbons (Fsp3) is 0.522. The first-order chi connectivity index (χ1) is 16.0. The lowest BCUT2D eigenvalue weighted by Crippen LogP contribution is -2.26. The predicted octanol–water partition coefficient (Wildman–Crippen LogP) is 5.61. The summed E-state index contributed by atoms with van der Waals surface area (Å²) < 4.78 is 81.8. The molecule has 1 aliphatic rings. The fourth-order valence-electron chi connectivity index (χ4n) is 3.41. The van der Waals surface area contributed by atoms with E-state index in [0.29, 0.717) is 31.5 Å². The Morgan fingerprint density at radius 3 is 2.23 bits per heavy atom. The molecule has 0 aliphatic heterocycles. The molecule has 12 heteroatoms. The van der Waals surface area contributed by atoms with Crippen molar-refractivity contribution in [1.29, 1.82) is 0 Å². The summed E-state index contributed by atoms with van der Waals surface area (Å²) in [7, 11) is 1.81. The second-order valence-corrected chi connectivity index (χ2v) is 9.58. The van der Waals surface area contributed by atoms with Crippen molar-refractivity contribution in [3.05, 3.63) is 46.6 Å². The maximum absolute atomic E-state index is 13.3. The van der Waals surface area contributed by atoms with Crippen LogP contribution in [0.4, 0.5) is 26.3 Å². The first kappa shape index (κ1) is 26.6. The summed E-state index contributed by atoms with van der Waals surface area (Å²) >= 11 is 0. The molecular weight excluding hydrogens is 478 g/mol. The summed E-state index contributed by atoms with van der Waals surface area (Å²) in [5, 5.41) is 2.93. The molecule has 1 aromatic heterocycles. The molecule has 0 radical (unpaired) electrons. The molecule has 1 fully saturated rings. The van der Waals surface area contributed by atoms with Crippen molar-refractivity contribution in [2.24, 2.45) is 23.1 Å². The Morgan fingerprint density at radius 1 is 1.09 bits per heavy atom. The number of aromatic nitrogens is 2. The Bertz CT molecular complexity index is 1210. The number of hydrogen-bond acceptors (Lipinski definition) is 3. The van der Waals surface area contributed by atoms with Gasteiger partial charge in [-0.15, -0.1) is 0 Å². The Hall–Kier alpha value is -3.05. The molecule has 1 aliphatic carbocycles. The zero-order valence-corrected chi connectivity index (χ0v) is 19.9. The molecular formula is C23H26F6N4O2. The van der Waals surface area contributed by atoms with Crippen LogP contribution in [-0.2, 0) is 25.2 Å². The second-order valence-electron chi connectivity index (χ2n) is 9.58. The smallest absolute Gasteiger partial charge is 0.356 e. The SMILES string of the molecule is C/C(=N/Oc1ccc(C(F)(F)F)cc1C(=O)N=c1cc(C(C)(C)C)n(C)n1CC1CC1)C(F)(F)F. The summed E-state index contributed by atoms with van der Waals surface area (Å²) in [6.07, 6.45) is -7.57. The highest BCUT2D eigenvalue weighted by molar-refractivity contribution is 5.98. The van der Waals surface area contributed by atoms with Gasteiger partial charge in [0, 0.05) is 30.8 Å². The molecule has 35 heavy (non-hydrogen) atoms. The molecule has 0 N–H and O–H groups in total. The number of carbonyl (C=O) groups excluding carboxylic acids is 1. The van der Waals surface area contributed by atoms with E-state index in [1.165, 1.54) is 0 Å². The van der Waals surface area contributed by atoms with Crippen LogP contribution < -0.4 is 10.3 Å². The molecule has 0 bridgehead atoms. The van der Waals surface area contributed by atoms with Gasteiger partial charge in [0.2, 0.25) is 0 Å². The molecule has 1 amide bonds. The molecule has 1 heterocycles. The number of alkyl halides is 6. The van der Waals surface area contributed by atoms with Crippen LogP contribution in [-0.4, -0.2) is 27.2 Å². The number of benzene rings is 1. The highest BCUT2D eigenvalue weighted by Crippen LogP contribution is 2.34. The number of halogens is 6. The first-order valence-corrected chi connectivity index (χ1v) is 10.8. The van der Waals surface area contributed by atoms with Crippen LogP contribution in [0.1, 0.15) is 62.2 Å².